The highest BCUT2D eigenvalue weighted by molar-refractivity contribution is 5.67. The predicted octanol–water partition coefficient (Wildman–Crippen LogP) is 7.60. The second-order valence-electron chi connectivity index (χ2n) is 8.76. The van der Waals surface area contributed by atoms with Crippen LogP contribution in [0.3, 0.4) is 0 Å². The van der Waals surface area contributed by atoms with E-state index in [0.29, 0.717) is 18.4 Å². The van der Waals surface area contributed by atoms with Gasteiger partial charge in [-0.1, -0.05) is 88.9 Å². The average Bonchev–Trinajstić information content (AvgIpc) is 3.30. The number of rotatable bonds is 7. The summed E-state index contributed by atoms with van der Waals surface area (Å²) in [6.45, 7) is 18.9. The van der Waals surface area contributed by atoms with Crippen LogP contribution in [0, 0.1) is 18.8 Å². The average molecular weight is 480 g/mol. The van der Waals surface area contributed by atoms with Crippen LogP contribution in [0.5, 0.6) is 0 Å². The van der Waals surface area contributed by atoms with Gasteiger partial charge < -0.3 is 9.64 Å². The first-order valence-corrected chi connectivity index (χ1v) is 12.8. The Bertz CT molecular complexity index is 905. The number of allylic oxidation sites excluding steroid dienone is 5. The van der Waals surface area contributed by atoms with E-state index in [0.717, 1.165) is 38.0 Å². The zero-order valence-corrected chi connectivity index (χ0v) is 22.6. The number of aromatic nitrogens is 2. The summed E-state index contributed by atoms with van der Waals surface area (Å²) in [5.74, 6) is 1.15. The number of carbonyl (C=O) groups is 1. The Labute approximate surface area is 213 Å². The lowest BCUT2D eigenvalue weighted by Crippen LogP contribution is -2.39. The first-order valence-electron chi connectivity index (χ1n) is 12.8. The molecule has 5 nitrogen and oxygen atoms in total. The van der Waals surface area contributed by atoms with E-state index in [4.69, 9.17) is 4.74 Å². The summed E-state index contributed by atoms with van der Waals surface area (Å²) in [6, 6.07) is 9.78. The predicted molar refractivity (Wildman–Crippen MR) is 147 cm³/mol. The van der Waals surface area contributed by atoms with Crippen LogP contribution in [0.15, 0.2) is 79.2 Å². The molecule has 1 amide bonds. The molecule has 0 bridgehead atoms. The van der Waals surface area contributed by atoms with Crippen LogP contribution in [-0.4, -0.2) is 33.9 Å². The number of carbonyl (C=O) groups excluding carboxylic acids is 1. The number of nitrogens with zero attached hydrogens (tertiary/aromatic N) is 3. The van der Waals surface area contributed by atoms with Crippen molar-refractivity contribution in [2.24, 2.45) is 11.8 Å². The fraction of sp³-hybridized carbons (Fsp3) is 0.467. The Morgan fingerprint density at radius 2 is 1.86 bits per heavy atom. The fourth-order valence-electron chi connectivity index (χ4n) is 3.64. The molecule has 1 aliphatic heterocycles. The summed E-state index contributed by atoms with van der Waals surface area (Å²) in [5.41, 5.74) is 3.50. The Kier molecular flexibility index (Phi) is 14.9. The molecule has 1 aliphatic rings. The molecule has 192 valence electrons. The lowest BCUT2D eigenvalue weighted by atomic mass is 9.97. The van der Waals surface area contributed by atoms with E-state index >= 15 is 0 Å². The molecule has 2 aromatic rings. The van der Waals surface area contributed by atoms with Crippen molar-refractivity contribution in [3.05, 3.63) is 90.3 Å². The molecule has 2 heterocycles. The highest BCUT2D eigenvalue weighted by Gasteiger charge is 2.24. The molecule has 3 rings (SSSR count). The number of amides is 1. The lowest BCUT2D eigenvalue weighted by molar-refractivity contribution is 0.0803. The molecule has 0 saturated carbocycles. The topological polar surface area (TPSA) is 47.4 Å². The number of aryl methyl sites for hydroxylation is 1. The van der Waals surface area contributed by atoms with Gasteiger partial charge in [0, 0.05) is 25.8 Å². The van der Waals surface area contributed by atoms with Crippen molar-refractivity contribution < 1.29 is 9.53 Å². The molecule has 0 N–H and O–H groups in total. The third-order valence-electron chi connectivity index (χ3n) is 5.67. The molecule has 1 saturated heterocycles. The van der Waals surface area contributed by atoms with Gasteiger partial charge in [0.05, 0.1) is 6.20 Å². The van der Waals surface area contributed by atoms with Crippen molar-refractivity contribution in [3.63, 3.8) is 0 Å². The molecule has 0 unspecified atom stereocenters. The standard InChI is InChI=1S/C18H23N3O2.C10H16.C2H6/c1-15-11-19-21(12-15)13-16-7-9-20(10-8-16)18(22)23-14-17-5-3-2-4-6-17;1-5-7-8-10(6-2)9(3)4;1-2/h2-6,11-12,16H,7-10,13-14H2,1H3;5-9H,2H2,1,3-4H3;1-2H3/b;7-5-,10-8+;. The van der Waals surface area contributed by atoms with Crippen molar-refractivity contribution in [3.8, 4) is 0 Å². The second-order valence-corrected chi connectivity index (χ2v) is 8.76. The smallest absolute Gasteiger partial charge is 0.410 e. The number of likely N-dealkylation sites (tertiary alicyclic amines) is 1. The minimum absolute atomic E-state index is 0.206. The maximum atomic E-state index is 12.1. The van der Waals surface area contributed by atoms with Gasteiger partial charge in [-0.3, -0.25) is 4.68 Å². The minimum atomic E-state index is -0.206. The van der Waals surface area contributed by atoms with Crippen LogP contribution in [-0.2, 0) is 17.9 Å². The van der Waals surface area contributed by atoms with Gasteiger partial charge in [-0.15, -0.1) is 0 Å². The largest absolute Gasteiger partial charge is 0.445 e. The molecule has 1 fully saturated rings. The maximum absolute atomic E-state index is 12.1. The summed E-state index contributed by atoms with van der Waals surface area (Å²) < 4.78 is 7.40. The van der Waals surface area contributed by atoms with E-state index in [-0.39, 0.29) is 6.09 Å². The number of hydrogen-bond donors (Lipinski definition) is 0. The highest BCUT2D eigenvalue weighted by Crippen LogP contribution is 2.20. The van der Waals surface area contributed by atoms with Crippen LogP contribution in [0.2, 0.25) is 0 Å². The SMILES string of the molecule is C=C/C(=C\C=C/C)C(C)C.CC.Cc1cnn(CC2CCN(C(=O)OCc3ccccc3)CC2)c1. The molecule has 0 spiro atoms. The van der Waals surface area contributed by atoms with Gasteiger partial charge in [-0.2, -0.15) is 5.10 Å². The van der Waals surface area contributed by atoms with E-state index in [1.165, 1.54) is 11.1 Å². The molecule has 35 heavy (non-hydrogen) atoms. The highest BCUT2D eigenvalue weighted by atomic mass is 16.6. The van der Waals surface area contributed by atoms with Crippen LogP contribution in [0.4, 0.5) is 4.79 Å². The van der Waals surface area contributed by atoms with Crippen molar-refractivity contribution in [1.29, 1.82) is 0 Å². The van der Waals surface area contributed by atoms with Gasteiger partial charge >= 0.3 is 6.09 Å². The van der Waals surface area contributed by atoms with Gasteiger partial charge in [0.2, 0.25) is 0 Å². The minimum Gasteiger partial charge on any atom is -0.445 e. The summed E-state index contributed by atoms with van der Waals surface area (Å²) in [4.78, 5) is 13.9. The summed E-state index contributed by atoms with van der Waals surface area (Å²) >= 11 is 0. The normalized spacial score (nSPS) is 14.1. The summed E-state index contributed by atoms with van der Waals surface area (Å²) in [5, 5.41) is 4.34. The van der Waals surface area contributed by atoms with E-state index in [2.05, 4.69) is 44.7 Å². The van der Waals surface area contributed by atoms with E-state index in [9.17, 15) is 4.79 Å². The van der Waals surface area contributed by atoms with Crippen LogP contribution in [0.25, 0.3) is 0 Å². The van der Waals surface area contributed by atoms with Crippen molar-refractivity contribution in [2.45, 2.75) is 67.5 Å². The zero-order valence-electron chi connectivity index (χ0n) is 22.6. The third kappa shape index (κ3) is 11.7. The van der Waals surface area contributed by atoms with E-state index in [1.807, 2.05) is 85.1 Å². The van der Waals surface area contributed by atoms with Crippen LogP contribution >= 0.6 is 0 Å². The Balaban J connectivity index is 0.000000433. The molecule has 1 aromatic carbocycles. The molecule has 0 radical (unpaired) electrons. The molecule has 0 atom stereocenters. The van der Waals surface area contributed by atoms with Crippen molar-refractivity contribution >= 4 is 6.09 Å². The second kappa shape index (κ2) is 17.4. The Morgan fingerprint density at radius 1 is 1.20 bits per heavy atom. The maximum Gasteiger partial charge on any atom is 0.410 e. The lowest BCUT2D eigenvalue weighted by Gasteiger charge is -2.31. The molecule has 5 heteroatoms. The number of ether oxygens (including phenoxy) is 1. The monoisotopic (exact) mass is 479 g/mol. The third-order valence-corrected chi connectivity index (χ3v) is 5.67. The summed E-state index contributed by atoms with van der Waals surface area (Å²) in [6.07, 6.45) is 13.8. The molecule has 0 aliphatic carbocycles. The number of benzene rings is 1. The van der Waals surface area contributed by atoms with E-state index in [1.54, 1.807) is 0 Å². The zero-order chi connectivity index (χ0) is 26.1. The number of piperidine rings is 1. The first-order chi connectivity index (χ1) is 16.9. The Morgan fingerprint density at radius 3 is 2.37 bits per heavy atom. The Hall–Kier alpha value is -3.08. The summed E-state index contributed by atoms with van der Waals surface area (Å²) in [7, 11) is 0. The molecular weight excluding hydrogens is 434 g/mol. The van der Waals surface area contributed by atoms with Gasteiger partial charge in [-0.25, -0.2) is 4.79 Å². The number of hydrogen-bond acceptors (Lipinski definition) is 3. The van der Waals surface area contributed by atoms with Crippen LogP contribution in [0.1, 0.15) is 58.6 Å². The quantitative estimate of drug-likeness (QED) is 0.384. The van der Waals surface area contributed by atoms with Crippen LogP contribution < -0.4 is 0 Å². The van der Waals surface area contributed by atoms with Gasteiger partial charge in [0.15, 0.2) is 0 Å². The van der Waals surface area contributed by atoms with E-state index < -0.39 is 0 Å². The first kappa shape index (κ1) is 30.0. The molecular formula is C30H45N3O2. The van der Waals surface area contributed by atoms with Crippen molar-refractivity contribution in [2.75, 3.05) is 13.1 Å². The molecule has 1 aromatic heterocycles. The fourth-order valence-corrected chi connectivity index (χ4v) is 3.64. The van der Waals surface area contributed by atoms with Gasteiger partial charge in [0.1, 0.15) is 6.61 Å². The van der Waals surface area contributed by atoms with Crippen molar-refractivity contribution in [1.82, 2.24) is 14.7 Å². The van der Waals surface area contributed by atoms with Gasteiger partial charge in [0.25, 0.3) is 0 Å². The van der Waals surface area contributed by atoms with Gasteiger partial charge in [-0.05, 0) is 55.2 Å².